The average Bonchev–Trinajstić information content (AvgIpc) is 2.51. The minimum absolute atomic E-state index is 1.06. The molecule has 0 radical (unpaired) electrons. The minimum Gasteiger partial charge on any atom is -0.387 e. The van der Waals surface area contributed by atoms with Crippen LogP contribution in [0.3, 0.4) is 0 Å². The normalized spacial score (nSPS) is 10.9. The van der Waals surface area contributed by atoms with Gasteiger partial charge in [-0.3, -0.25) is 0 Å². The van der Waals surface area contributed by atoms with Gasteiger partial charge in [0.25, 0.3) is 0 Å². The van der Waals surface area contributed by atoms with Crippen LogP contribution in [0.15, 0.2) is 42.5 Å². The first kappa shape index (κ1) is 13.6. The number of aryl methyl sites for hydroxylation is 2. The zero-order valence-electron chi connectivity index (χ0n) is 13.0. The fourth-order valence-electron chi connectivity index (χ4n) is 2.95. The summed E-state index contributed by atoms with van der Waals surface area (Å²) in [6, 6.07) is 14.7. The SMILES string of the molecule is CNc1c(C)c(-c2ccccc2)nc2c(C)ccc(C)c12. The summed E-state index contributed by atoms with van der Waals surface area (Å²) in [5.74, 6) is 0. The summed E-state index contributed by atoms with van der Waals surface area (Å²) in [5, 5.41) is 4.61. The van der Waals surface area contributed by atoms with Gasteiger partial charge in [-0.25, -0.2) is 4.98 Å². The van der Waals surface area contributed by atoms with E-state index < -0.39 is 0 Å². The highest BCUT2D eigenvalue weighted by atomic mass is 14.8. The van der Waals surface area contributed by atoms with Crippen LogP contribution in [0.5, 0.6) is 0 Å². The summed E-state index contributed by atoms with van der Waals surface area (Å²) in [5.41, 5.74) is 8.16. The third kappa shape index (κ3) is 2.17. The molecule has 0 bridgehead atoms. The smallest absolute Gasteiger partial charge is 0.0762 e. The number of hydrogen-bond donors (Lipinski definition) is 1. The molecule has 2 nitrogen and oxygen atoms in total. The molecular formula is C19H20N2. The third-order valence-electron chi connectivity index (χ3n) is 4.09. The van der Waals surface area contributed by atoms with E-state index in [-0.39, 0.29) is 0 Å². The number of fused-ring (bicyclic) bond motifs is 1. The van der Waals surface area contributed by atoms with Gasteiger partial charge >= 0.3 is 0 Å². The molecule has 0 fully saturated rings. The van der Waals surface area contributed by atoms with Crippen LogP contribution in [0.25, 0.3) is 22.2 Å². The number of pyridine rings is 1. The van der Waals surface area contributed by atoms with E-state index in [9.17, 15) is 0 Å². The van der Waals surface area contributed by atoms with E-state index in [1.54, 1.807) is 0 Å². The van der Waals surface area contributed by atoms with Crippen LogP contribution in [-0.4, -0.2) is 12.0 Å². The summed E-state index contributed by atoms with van der Waals surface area (Å²) >= 11 is 0. The van der Waals surface area contributed by atoms with Gasteiger partial charge in [-0.2, -0.15) is 0 Å². The van der Waals surface area contributed by atoms with E-state index in [1.165, 1.54) is 27.8 Å². The van der Waals surface area contributed by atoms with Crippen LogP contribution >= 0.6 is 0 Å². The van der Waals surface area contributed by atoms with E-state index in [4.69, 9.17) is 4.98 Å². The van der Waals surface area contributed by atoms with Crippen LogP contribution in [0.2, 0.25) is 0 Å². The maximum Gasteiger partial charge on any atom is 0.0762 e. The van der Waals surface area contributed by atoms with Crippen molar-refractivity contribution in [1.29, 1.82) is 0 Å². The van der Waals surface area contributed by atoms with Crippen molar-refractivity contribution in [3.63, 3.8) is 0 Å². The Morgan fingerprint density at radius 3 is 2.19 bits per heavy atom. The van der Waals surface area contributed by atoms with Crippen LogP contribution in [0.4, 0.5) is 5.69 Å². The average molecular weight is 276 g/mol. The first-order valence-electron chi connectivity index (χ1n) is 7.27. The molecule has 3 rings (SSSR count). The maximum absolute atomic E-state index is 4.97. The molecule has 0 aliphatic heterocycles. The van der Waals surface area contributed by atoms with Gasteiger partial charge in [0.05, 0.1) is 11.2 Å². The molecule has 0 atom stereocenters. The Labute approximate surface area is 125 Å². The van der Waals surface area contributed by atoms with Crippen LogP contribution < -0.4 is 5.32 Å². The highest BCUT2D eigenvalue weighted by Gasteiger charge is 2.15. The molecule has 0 spiro atoms. The van der Waals surface area contributed by atoms with Crippen molar-refractivity contribution in [1.82, 2.24) is 4.98 Å². The lowest BCUT2D eigenvalue weighted by Gasteiger charge is -2.17. The predicted molar refractivity (Wildman–Crippen MR) is 90.9 cm³/mol. The van der Waals surface area contributed by atoms with Gasteiger partial charge in [0, 0.05) is 23.7 Å². The van der Waals surface area contributed by atoms with E-state index in [0.29, 0.717) is 0 Å². The van der Waals surface area contributed by atoms with E-state index in [0.717, 1.165) is 16.8 Å². The number of anilines is 1. The lowest BCUT2D eigenvalue weighted by molar-refractivity contribution is 1.28. The van der Waals surface area contributed by atoms with Crippen LogP contribution in [0.1, 0.15) is 16.7 Å². The Kier molecular flexibility index (Phi) is 3.38. The maximum atomic E-state index is 4.97. The first-order valence-corrected chi connectivity index (χ1v) is 7.27. The lowest BCUT2D eigenvalue weighted by atomic mass is 9.97. The largest absolute Gasteiger partial charge is 0.387 e. The second kappa shape index (κ2) is 5.21. The molecule has 0 aliphatic rings. The van der Waals surface area contributed by atoms with Crippen molar-refractivity contribution >= 4 is 16.6 Å². The topological polar surface area (TPSA) is 24.9 Å². The second-order valence-electron chi connectivity index (χ2n) is 5.50. The number of rotatable bonds is 2. The summed E-state index contributed by atoms with van der Waals surface area (Å²) in [4.78, 5) is 4.97. The molecule has 2 heteroatoms. The number of aromatic nitrogens is 1. The summed E-state index contributed by atoms with van der Waals surface area (Å²) in [6.07, 6.45) is 0. The zero-order chi connectivity index (χ0) is 15.0. The van der Waals surface area contributed by atoms with Gasteiger partial charge in [0.1, 0.15) is 0 Å². The molecule has 2 aromatic carbocycles. The molecule has 1 aromatic heterocycles. The van der Waals surface area contributed by atoms with E-state index in [1.807, 2.05) is 13.1 Å². The van der Waals surface area contributed by atoms with Gasteiger partial charge in [0.15, 0.2) is 0 Å². The predicted octanol–water partition coefficient (Wildman–Crippen LogP) is 4.87. The molecule has 106 valence electrons. The molecule has 1 N–H and O–H groups in total. The Balaban J connectivity index is 2.44. The zero-order valence-corrected chi connectivity index (χ0v) is 13.0. The molecule has 1 heterocycles. The van der Waals surface area contributed by atoms with Gasteiger partial charge < -0.3 is 5.32 Å². The monoisotopic (exact) mass is 276 g/mol. The fraction of sp³-hybridized carbons (Fsp3) is 0.211. The summed E-state index contributed by atoms with van der Waals surface area (Å²) in [7, 11) is 1.98. The summed E-state index contributed by atoms with van der Waals surface area (Å²) < 4.78 is 0. The van der Waals surface area contributed by atoms with E-state index >= 15 is 0 Å². The molecule has 0 saturated carbocycles. The molecule has 0 amide bonds. The third-order valence-corrected chi connectivity index (χ3v) is 4.09. The quantitative estimate of drug-likeness (QED) is 0.722. The van der Waals surface area contributed by atoms with Crippen LogP contribution in [0, 0.1) is 20.8 Å². The fourth-order valence-corrected chi connectivity index (χ4v) is 2.95. The number of nitrogens with one attached hydrogen (secondary N) is 1. The lowest BCUT2D eigenvalue weighted by Crippen LogP contribution is -2.01. The van der Waals surface area contributed by atoms with Gasteiger partial charge in [-0.1, -0.05) is 42.5 Å². The Morgan fingerprint density at radius 2 is 1.52 bits per heavy atom. The number of nitrogens with zero attached hydrogens (tertiary/aromatic N) is 1. The van der Waals surface area contributed by atoms with Crippen LogP contribution in [-0.2, 0) is 0 Å². The Bertz CT molecular complexity index is 805. The van der Waals surface area contributed by atoms with Crippen molar-refractivity contribution in [2.24, 2.45) is 0 Å². The molecule has 0 saturated heterocycles. The second-order valence-corrected chi connectivity index (χ2v) is 5.50. The van der Waals surface area contributed by atoms with Crippen molar-refractivity contribution in [3.8, 4) is 11.3 Å². The van der Waals surface area contributed by atoms with Gasteiger partial charge in [-0.15, -0.1) is 0 Å². The van der Waals surface area contributed by atoms with Crippen molar-refractivity contribution in [2.45, 2.75) is 20.8 Å². The Hall–Kier alpha value is -2.35. The van der Waals surface area contributed by atoms with Crippen molar-refractivity contribution in [2.75, 3.05) is 12.4 Å². The number of hydrogen-bond acceptors (Lipinski definition) is 2. The van der Waals surface area contributed by atoms with E-state index in [2.05, 4.69) is 62.5 Å². The number of benzene rings is 2. The Morgan fingerprint density at radius 1 is 0.857 bits per heavy atom. The van der Waals surface area contributed by atoms with Gasteiger partial charge in [-0.05, 0) is 37.5 Å². The highest BCUT2D eigenvalue weighted by Crippen LogP contribution is 2.35. The molecular weight excluding hydrogens is 256 g/mol. The first-order chi connectivity index (χ1) is 10.1. The minimum atomic E-state index is 1.06. The molecule has 21 heavy (non-hydrogen) atoms. The van der Waals surface area contributed by atoms with Crippen molar-refractivity contribution in [3.05, 3.63) is 59.2 Å². The highest BCUT2D eigenvalue weighted by molar-refractivity contribution is 5.99. The molecule has 0 unspecified atom stereocenters. The van der Waals surface area contributed by atoms with Crippen molar-refractivity contribution < 1.29 is 0 Å². The standard InChI is InChI=1S/C19H20N2/c1-12-10-11-13(2)17-16(12)19(20-4)14(3)18(21-17)15-8-6-5-7-9-15/h5-11H,1-4H3,(H,20,21). The molecule has 0 aliphatic carbocycles. The summed E-state index contributed by atoms with van der Waals surface area (Å²) in [6.45, 7) is 6.41. The van der Waals surface area contributed by atoms with Gasteiger partial charge in [0.2, 0.25) is 0 Å². The molecule has 3 aromatic rings.